The highest BCUT2D eigenvalue weighted by Crippen LogP contribution is 2.24. The number of carbonyl (C=O) groups is 1. The molecule has 1 aromatic carbocycles. The fraction of sp³-hybridized carbons (Fsp3) is 0.143. The normalized spacial score (nSPS) is 10.2. The quantitative estimate of drug-likeness (QED) is 0.403. The lowest BCUT2D eigenvalue weighted by Crippen LogP contribution is -2.19. The predicted octanol–water partition coefficient (Wildman–Crippen LogP) is 2.12. The second kappa shape index (κ2) is 5.58. The predicted molar refractivity (Wildman–Crippen MR) is 74.6 cm³/mol. The van der Waals surface area contributed by atoms with Crippen LogP contribution in [0.15, 0.2) is 35.3 Å². The van der Waals surface area contributed by atoms with Crippen molar-refractivity contribution >= 4 is 11.7 Å². The molecule has 0 unspecified atom stereocenters. The van der Waals surface area contributed by atoms with Crippen LogP contribution in [-0.2, 0) is 0 Å². The molecule has 21 heavy (non-hydrogen) atoms. The first-order chi connectivity index (χ1) is 9.88. The molecule has 0 saturated heterocycles. The van der Waals surface area contributed by atoms with Gasteiger partial charge in [-0.25, -0.2) is 4.79 Å². The van der Waals surface area contributed by atoms with Crippen LogP contribution in [0.1, 0.15) is 21.6 Å². The van der Waals surface area contributed by atoms with Crippen LogP contribution in [0.25, 0.3) is 0 Å². The van der Waals surface area contributed by atoms with Gasteiger partial charge in [0.2, 0.25) is 0 Å². The molecule has 0 bridgehead atoms. The third kappa shape index (κ3) is 3.14. The van der Waals surface area contributed by atoms with E-state index >= 15 is 0 Å². The van der Waals surface area contributed by atoms with E-state index in [0.717, 1.165) is 6.07 Å². The zero-order valence-electron chi connectivity index (χ0n) is 11.4. The Kier molecular flexibility index (Phi) is 3.84. The van der Waals surface area contributed by atoms with Crippen LogP contribution in [-0.4, -0.2) is 15.9 Å². The van der Waals surface area contributed by atoms with Gasteiger partial charge >= 0.3 is 5.97 Å². The lowest BCUT2D eigenvalue weighted by Gasteiger charge is -2.05. The third-order valence-electron chi connectivity index (χ3n) is 2.86. The van der Waals surface area contributed by atoms with Crippen LogP contribution >= 0.6 is 0 Å². The standard InChI is InChI=1S/C14H12N2O5/c1-8-3-4-10(6-12(8)16(19)20)21-14(18)11-7-15-9(2)5-13(11)17/h3-7H,1-2H3,(H,15,17). The van der Waals surface area contributed by atoms with E-state index in [-0.39, 0.29) is 17.0 Å². The molecular formula is C14H12N2O5. The summed E-state index contributed by atoms with van der Waals surface area (Å²) in [5.41, 5.74) is 0.273. The van der Waals surface area contributed by atoms with E-state index in [4.69, 9.17) is 4.74 Å². The maximum Gasteiger partial charge on any atom is 0.349 e. The number of esters is 1. The first-order valence-corrected chi connectivity index (χ1v) is 6.05. The van der Waals surface area contributed by atoms with Gasteiger partial charge in [0.05, 0.1) is 11.0 Å². The highest BCUT2D eigenvalue weighted by atomic mass is 16.6. The number of hydrogen-bond acceptors (Lipinski definition) is 5. The molecule has 1 N–H and O–H groups in total. The molecule has 7 heteroatoms. The summed E-state index contributed by atoms with van der Waals surface area (Å²) in [7, 11) is 0. The number of aromatic nitrogens is 1. The number of nitro benzene ring substituents is 1. The summed E-state index contributed by atoms with van der Waals surface area (Å²) >= 11 is 0. The molecule has 108 valence electrons. The monoisotopic (exact) mass is 288 g/mol. The third-order valence-corrected chi connectivity index (χ3v) is 2.86. The minimum Gasteiger partial charge on any atom is -0.423 e. The van der Waals surface area contributed by atoms with Gasteiger partial charge in [-0.15, -0.1) is 0 Å². The fourth-order valence-corrected chi connectivity index (χ4v) is 1.74. The second-order valence-electron chi connectivity index (χ2n) is 4.49. The molecule has 0 saturated carbocycles. The number of nitrogens with one attached hydrogen (secondary N) is 1. The van der Waals surface area contributed by atoms with Crippen molar-refractivity contribution in [1.29, 1.82) is 0 Å². The lowest BCUT2D eigenvalue weighted by atomic mass is 10.2. The van der Waals surface area contributed by atoms with E-state index in [9.17, 15) is 19.7 Å². The topological polar surface area (TPSA) is 102 Å². The van der Waals surface area contributed by atoms with Gasteiger partial charge in [-0.05, 0) is 26.0 Å². The Morgan fingerprint density at radius 2 is 2.00 bits per heavy atom. The maximum atomic E-state index is 11.9. The molecule has 1 aromatic heterocycles. The molecule has 0 aliphatic carbocycles. The van der Waals surface area contributed by atoms with Crippen LogP contribution in [0, 0.1) is 24.0 Å². The highest BCUT2D eigenvalue weighted by molar-refractivity contribution is 5.90. The van der Waals surface area contributed by atoms with Crippen LogP contribution < -0.4 is 10.2 Å². The van der Waals surface area contributed by atoms with Crippen molar-refractivity contribution in [3.05, 3.63) is 67.6 Å². The number of pyridine rings is 1. The van der Waals surface area contributed by atoms with E-state index in [1.54, 1.807) is 13.8 Å². The van der Waals surface area contributed by atoms with Gasteiger partial charge in [0.25, 0.3) is 5.69 Å². The lowest BCUT2D eigenvalue weighted by molar-refractivity contribution is -0.385. The summed E-state index contributed by atoms with van der Waals surface area (Å²) in [5.74, 6) is -0.855. The van der Waals surface area contributed by atoms with Crippen LogP contribution in [0.4, 0.5) is 5.69 Å². The van der Waals surface area contributed by atoms with Crippen molar-refractivity contribution in [2.75, 3.05) is 0 Å². The largest absolute Gasteiger partial charge is 0.423 e. The number of rotatable bonds is 3. The van der Waals surface area contributed by atoms with E-state index in [1.165, 1.54) is 24.4 Å². The number of ether oxygens (including phenoxy) is 1. The van der Waals surface area contributed by atoms with Gasteiger partial charge in [0, 0.05) is 23.5 Å². The molecule has 7 nitrogen and oxygen atoms in total. The van der Waals surface area contributed by atoms with Gasteiger partial charge in [0.15, 0.2) is 5.43 Å². The molecule has 0 aliphatic heterocycles. The first-order valence-electron chi connectivity index (χ1n) is 6.05. The Hall–Kier alpha value is -2.96. The number of nitro groups is 1. The summed E-state index contributed by atoms with van der Waals surface area (Å²) < 4.78 is 5.00. The number of hydrogen-bond donors (Lipinski definition) is 1. The van der Waals surface area contributed by atoms with Gasteiger partial charge in [-0.2, -0.15) is 0 Å². The molecule has 2 rings (SSSR count). The minimum absolute atomic E-state index is 0.0114. The van der Waals surface area contributed by atoms with Crippen molar-refractivity contribution in [3.8, 4) is 5.75 Å². The van der Waals surface area contributed by atoms with Crippen molar-refractivity contribution in [2.45, 2.75) is 13.8 Å². The highest BCUT2D eigenvalue weighted by Gasteiger charge is 2.16. The smallest absolute Gasteiger partial charge is 0.349 e. The maximum absolute atomic E-state index is 11.9. The molecule has 2 aromatic rings. The Labute approximate surface area is 119 Å². The summed E-state index contributed by atoms with van der Waals surface area (Å²) in [4.78, 5) is 36.6. The first kappa shape index (κ1) is 14.4. The van der Waals surface area contributed by atoms with Gasteiger partial charge in [0.1, 0.15) is 11.3 Å². The van der Waals surface area contributed by atoms with Crippen molar-refractivity contribution in [2.24, 2.45) is 0 Å². The molecular weight excluding hydrogens is 276 g/mol. The molecule has 1 heterocycles. The summed E-state index contributed by atoms with van der Waals surface area (Å²) in [5, 5.41) is 10.8. The van der Waals surface area contributed by atoms with Gasteiger partial charge < -0.3 is 9.72 Å². The van der Waals surface area contributed by atoms with Gasteiger partial charge in [-0.3, -0.25) is 14.9 Å². The molecule has 0 fully saturated rings. The molecule has 0 spiro atoms. The molecule has 0 radical (unpaired) electrons. The average Bonchev–Trinajstić information content (AvgIpc) is 2.40. The van der Waals surface area contributed by atoms with Crippen LogP contribution in [0.5, 0.6) is 5.75 Å². The van der Waals surface area contributed by atoms with E-state index in [0.29, 0.717) is 11.3 Å². The van der Waals surface area contributed by atoms with Crippen LogP contribution in [0.2, 0.25) is 0 Å². The van der Waals surface area contributed by atoms with E-state index in [1.807, 2.05) is 0 Å². The summed E-state index contributed by atoms with van der Waals surface area (Å²) in [6, 6.07) is 5.33. The molecule has 0 atom stereocenters. The van der Waals surface area contributed by atoms with Crippen LogP contribution in [0.3, 0.4) is 0 Å². The minimum atomic E-state index is -0.866. The van der Waals surface area contributed by atoms with Crippen molar-refractivity contribution in [3.63, 3.8) is 0 Å². The zero-order valence-corrected chi connectivity index (χ0v) is 11.4. The summed E-state index contributed by atoms with van der Waals surface area (Å²) in [6.07, 6.45) is 1.25. The number of nitrogens with zero attached hydrogens (tertiary/aromatic N) is 1. The van der Waals surface area contributed by atoms with E-state index in [2.05, 4.69) is 4.98 Å². The Bertz CT molecular complexity index is 779. The van der Waals surface area contributed by atoms with Gasteiger partial charge in [-0.1, -0.05) is 0 Å². The molecule has 0 aliphatic rings. The Balaban J connectivity index is 2.29. The second-order valence-corrected chi connectivity index (χ2v) is 4.49. The summed E-state index contributed by atoms with van der Waals surface area (Å²) in [6.45, 7) is 3.26. The molecule has 0 amide bonds. The Morgan fingerprint density at radius 3 is 2.62 bits per heavy atom. The number of H-pyrrole nitrogens is 1. The zero-order chi connectivity index (χ0) is 15.6. The average molecular weight is 288 g/mol. The Morgan fingerprint density at radius 1 is 1.29 bits per heavy atom. The fourth-order valence-electron chi connectivity index (χ4n) is 1.74. The van der Waals surface area contributed by atoms with Crippen molar-refractivity contribution < 1.29 is 14.5 Å². The number of aromatic amines is 1. The number of aryl methyl sites for hydroxylation is 2. The number of carbonyl (C=O) groups excluding carboxylic acids is 1. The van der Waals surface area contributed by atoms with E-state index < -0.39 is 16.3 Å². The van der Waals surface area contributed by atoms with Crippen molar-refractivity contribution in [1.82, 2.24) is 4.98 Å². The number of benzene rings is 1. The SMILES string of the molecule is Cc1cc(=O)c(C(=O)Oc2ccc(C)c([N+](=O)[O-])c2)c[nH]1.